The lowest BCUT2D eigenvalue weighted by atomic mass is 10.0. The van der Waals surface area contributed by atoms with Crippen LogP contribution in [0.2, 0.25) is 0 Å². The third-order valence-corrected chi connectivity index (χ3v) is 3.76. The molecule has 2 aromatic rings. The molecule has 0 heterocycles. The van der Waals surface area contributed by atoms with Gasteiger partial charge in [0, 0.05) is 12.1 Å². The Morgan fingerprint density at radius 2 is 1.76 bits per heavy atom. The van der Waals surface area contributed by atoms with Gasteiger partial charge in [-0.3, -0.25) is 9.59 Å². The van der Waals surface area contributed by atoms with Crippen LogP contribution in [-0.4, -0.2) is 23.6 Å². The molecule has 2 rings (SSSR count). The van der Waals surface area contributed by atoms with Crippen molar-refractivity contribution in [1.82, 2.24) is 0 Å². The molecular weight excluding hydrogens is 318 g/mol. The first-order valence-corrected chi connectivity index (χ1v) is 8.34. The molecule has 0 saturated carbocycles. The lowest BCUT2D eigenvalue weighted by Crippen LogP contribution is -2.13. The van der Waals surface area contributed by atoms with Crippen LogP contribution in [0.25, 0.3) is 0 Å². The Kier molecular flexibility index (Phi) is 7.01. The second-order valence-electron chi connectivity index (χ2n) is 5.95. The molecule has 5 nitrogen and oxygen atoms in total. The molecule has 2 N–H and O–H groups in total. The first kappa shape index (κ1) is 18.5. The molecule has 0 spiro atoms. The molecule has 0 saturated heterocycles. The molecule has 1 amide bonds. The summed E-state index contributed by atoms with van der Waals surface area (Å²) in [5.41, 5.74) is 1.64. The zero-order valence-corrected chi connectivity index (χ0v) is 14.3. The zero-order valence-electron chi connectivity index (χ0n) is 14.3. The predicted molar refractivity (Wildman–Crippen MR) is 96.7 cm³/mol. The number of carbonyl (C=O) groups excluding carboxylic acids is 1. The molecule has 1 unspecified atom stereocenters. The molecule has 0 fully saturated rings. The normalized spacial score (nSPS) is 11.6. The molecule has 132 valence electrons. The van der Waals surface area contributed by atoms with Crippen LogP contribution in [0.1, 0.15) is 25.3 Å². The molecule has 2 aromatic carbocycles. The Morgan fingerprint density at radius 3 is 2.40 bits per heavy atom. The van der Waals surface area contributed by atoms with Gasteiger partial charge in [0.2, 0.25) is 5.91 Å². The van der Waals surface area contributed by atoms with Crippen molar-refractivity contribution in [2.45, 2.75) is 26.2 Å². The first-order chi connectivity index (χ1) is 12.0. The Morgan fingerprint density at radius 1 is 1.08 bits per heavy atom. The van der Waals surface area contributed by atoms with Crippen LogP contribution >= 0.6 is 0 Å². The van der Waals surface area contributed by atoms with E-state index in [4.69, 9.17) is 9.84 Å². The number of hydrogen-bond donors (Lipinski definition) is 2. The fraction of sp³-hybridized carbons (Fsp3) is 0.300. The van der Waals surface area contributed by atoms with Crippen molar-refractivity contribution in [1.29, 1.82) is 0 Å². The second-order valence-corrected chi connectivity index (χ2v) is 5.95. The first-order valence-electron chi connectivity index (χ1n) is 8.34. The fourth-order valence-electron chi connectivity index (χ4n) is 2.33. The minimum absolute atomic E-state index is 0.0664. The Hall–Kier alpha value is -2.82. The number of aliphatic carboxylic acids is 1. The maximum atomic E-state index is 11.9. The summed E-state index contributed by atoms with van der Waals surface area (Å²) in [5, 5.41) is 11.8. The van der Waals surface area contributed by atoms with E-state index in [1.165, 1.54) is 0 Å². The average molecular weight is 341 g/mol. The van der Waals surface area contributed by atoms with E-state index in [-0.39, 0.29) is 5.91 Å². The number of para-hydroxylation sites is 1. The summed E-state index contributed by atoms with van der Waals surface area (Å²) >= 11 is 0. The van der Waals surface area contributed by atoms with Gasteiger partial charge in [-0.2, -0.15) is 0 Å². The highest BCUT2D eigenvalue weighted by molar-refractivity contribution is 5.90. The standard InChI is InChI=1S/C20H23NO4/c1-15(20(23)24)14-16-9-11-17(12-10-16)21-19(22)8-5-13-25-18-6-3-2-4-7-18/h2-4,6-7,9-12,15H,5,8,13-14H2,1H3,(H,21,22)(H,23,24). The van der Waals surface area contributed by atoms with Crippen LogP contribution in [0.4, 0.5) is 5.69 Å². The van der Waals surface area contributed by atoms with E-state index in [0.717, 1.165) is 11.3 Å². The summed E-state index contributed by atoms with van der Waals surface area (Å²) in [5.74, 6) is -0.502. The van der Waals surface area contributed by atoms with Gasteiger partial charge in [0.05, 0.1) is 12.5 Å². The van der Waals surface area contributed by atoms with Crippen molar-refractivity contribution in [3.8, 4) is 5.75 Å². The van der Waals surface area contributed by atoms with Crippen LogP contribution in [-0.2, 0) is 16.0 Å². The smallest absolute Gasteiger partial charge is 0.306 e. The van der Waals surface area contributed by atoms with Gasteiger partial charge in [-0.25, -0.2) is 0 Å². The number of carboxylic acid groups (broad SMARTS) is 1. The molecule has 0 aliphatic carbocycles. The summed E-state index contributed by atoms with van der Waals surface area (Å²) in [4.78, 5) is 22.8. The van der Waals surface area contributed by atoms with Crippen molar-refractivity contribution in [3.05, 3.63) is 60.2 Å². The number of amides is 1. The maximum absolute atomic E-state index is 11.9. The highest BCUT2D eigenvalue weighted by Gasteiger charge is 2.11. The number of hydrogen-bond acceptors (Lipinski definition) is 3. The van der Waals surface area contributed by atoms with Gasteiger partial charge in [0.25, 0.3) is 0 Å². The van der Waals surface area contributed by atoms with Gasteiger partial charge in [0.1, 0.15) is 5.75 Å². The average Bonchev–Trinajstić information content (AvgIpc) is 2.61. The van der Waals surface area contributed by atoms with E-state index in [0.29, 0.717) is 31.6 Å². The SMILES string of the molecule is CC(Cc1ccc(NC(=O)CCCOc2ccccc2)cc1)C(=O)O. The molecule has 0 bridgehead atoms. The van der Waals surface area contributed by atoms with Crippen LogP contribution in [0.5, 0.6) is 5.75 Å². The van der Waals surface area contributed by atoms with E-state index in [9.17, 15) is 9.59 Å². The number of benzene rings is 2. The van der Waals surface area contributed by atoms with Gasteiger partial charge >= 0.3 is 5.97 Å². The summed E-state index contributed by atoms with van der Waals surface area (Å²) in [6, 6.07) is 16.8. The van der Waals surface area contributed by atoms with Crippen molar-refractivity contribution in [2.24, 2.45) is 5.92 Å². The highest BCUT2D eigenvalue weighted by atomic mass is 16.5. The quantitative estimate of drug-likeness (QED) is 0.681. The number of anilines is 1. The van der Waals surface area contributed by atoms with E-state index < -0.39 is 11.9 Å². The summed E-state index contributed by atoms with van der Waals surface area (Å²) in [6.45, 7) is 2.17. The number of carbonyl (C=O) groups is 2. The maximum Gasteiger partial charge on any atom is 0.306 e. The van der Waals surface area contributed by atoms with E-state index in [1.807, 2.05) is 42.5 Å². The number of carboxylic acids is 1. The topological polar surface area (TPSA) is 75.6 Å². The summed E-state index contributed by atoms with van der Waals surface area (Å²) in [7, 11) is 0. The van der Waals surface area contributed by atoms with Crippen LogP contribution in [0.15, 0.2) is 54.6 Å². The predicted octanol–water partition coefficient (Wildman–Crippen LogP) is 3.75. The van der Waals surface area contributed by atoms with E-state index in [2.05, 4.69) is 5.32 Å². The Balaban J connectivity index is 1.70. The number of nitrogens with one attached hydrogen (secondary N) is 1. The van der Waals surface area contributed by atoms with Crippen molar-refractivity contribution in [3.63, 3.8) is 0 Å². The van der Waals surface area contributed by atoms with Crippen LogP contribution in [0, 0.1) is 5.92 Å². The Bertz CT molecular complexity index is 683. The second kappa shape index (κ2) is 9.47. The minimum atomic E-state index is -0.810. The number of ether oxygens (including phenoxy) is 1. The molecule has 0 aromatic heterocycles. The van der Waals surface area contributed by atoms with Gasteiger partial charge in [-0.05, 0) is 42.7 Å². The molecule has 0 radical (unpaired) electrons. The number of rotatable bonds is 9. The minimum Gasteiger partial charge on any atom is -0.494 e. The molecule has 25 heavy (non-hydrogen) atoms. The molecule has 0 aliphatic rings. The lowest BCUT2D eigenvalue weighted by molar-refractivity contribution is -0.141. The van der Waals surface area contributed by atoms with E-state index >= 15 is 0 Å². The van der Waals surface area contributed by atoms with Crippen molar-refractivity contribution >= 4 is 17.6 Å². The largest absolute Gasteiger partial charge is 0.494 e. The fourth-order valence-corrected chi connectivity index (χ4v) is 2.33. The van der Waals surface area contributed by atoms with Gasteiger partial charge in [-0.15, -0.1) is 0 Å². The molecule has 5 heteroatoms. The Labute approximate surface area is 147 Å². The third kappa shape index (κ3) is 6.67. The van der Waals surface area contributed by atoms with Gasteiger partial charge in [0.15, 0.2) is 0 Å². The monoisotopic (exact) mass is 341 g/mol. The highest BCUT2D eigenvalue weighted by Crippen LogP contribution is 2.14. The van der Waals surface area contributed by atoms with Gasteiger partial charge in [-0.1, -0.05) is 37.3 Å². The third-order valence-electron chi connectivity index (χ3n) is 3.76. The van der Waals surface area contributed by atoms with E-state index in [1.54, 1.807) is 19.1 Å². The van der Waals surface area contributed by atoms with Crippen LogP contribution < -0.4 is 10.1 Å². The van der Waals surface area contributed by atoms with Crippen LogP contribution in [0.3, 0.4) is 0 Å². The summed E-state index contributed by atoms with van der Waals surface area (Å²) < 4.78 is 5.55. The molecular formula is C20H23NO4. The zero-order chi connectivity index (χ0) is 18.1. The van der Waals surface area contributed by atoms with Crippen molar-refractivity contribution in [2.75, 3.05) is 11.9 Å². The van der Waals surface area contributed by atoms with Crippen molar-refractivity contribution < 1.29 is 19.4 Å². The summed E-state index contributed by atoms with van der Waals surface area (Å²) in [6.07, 6.45) is 1.49. The lowest BCUT2D eigenvalue weighted by Gasteiger charge is -2.09. The molecule has 1 atom stereocenters. The molecule has 0 aliphatic heterocycles. The van der Waals surface area contributed by atoms with Gasteiger partial charge < -0.3 is 15.2 Å².